The van der Waals surface area contributed by atoms with Crippen LogP contribution in [0, 0.1) is 5.82 Å². The van der Waals surface area contributed by atoms with E-state index in [4.69, 9.17) is 10.5 Å². The fraction of sp³-hybridized carbons (Fsp3) is 0.154. The van der Waals surface area contributed by atoms with Gasteiger partial charge in [-0.25, -0.2) is 9.37 Å². The van der Waals surface area contributed by atoms with Gasteiger partial charge in [-0.2, -0.15) is 0 Å². The molecule has 94 valence electrons. The third kappa shape index (κ3) is 2.26. The quantitative estimate of drug-likeness (QED) is 0.870. The Morgan fingerprint density at radius 1 is 1.39 bits per heavy atom. The monoisotopic (exact) mass is 248 g/mol. The lowest BCUT2D eigenvalue weighted by atomic mass is 10.0. The molecule has 0 aliphatic carbocycles. The zero-order valence-corrected chi connectivity index (χ0v) is 9.80. The molecule has 1 aromatic carbocycles. The van der Waals surface area contributed by atoms with Gasteiger partial charge in [-0.1, -0.05) is 12.1 Å². The van der Waals surface area contributed by atoms with Crippen LogP contribution in [0.3, 0.4) is 0 Å². The minimum atomic E-state index is -1.01. The summed E-state index contributed by atoms with van der Waals surface area (Å²) in [5, 5.41) is 10.1. The molecule has 0 amide bonds. The number of anilines is 1. The summed E-state index contributed by atoms with van der Waals surface area (Å²) >= 11 is 0. The van der Waals surface area contributed by atoms with Crippen LogP contribution >= 0.6 is 0 Å². The molecule has 1 unspecified atom stereocenters. The average Bonchev–Trinajstić information content (AvgIpc) is 2.38. The van der Waals surface area contributed by atoms with Crippen molar-refractivity contribution in [3.63, 3.8) is 0 Å². The SMILES string of the molecule is COc1ccc(C(O)c2cccnc2N)cc1F. The number of pyridine rings is 1. The molecule has 1 atom stereocenters. The zero-order valence-electron chi connectivity index (χ0n) is 9.80. The van der Waals surface area contributed by atoms with Crippen LogP contribution in [-0.4, -0.2) is 17.2 Å². The van der Waals surface area contributed by atoms with Crippen LogP contribution in [-0.2, 0) is 0 Å². The first-order valence-corrected chi connectivity index (χ1v) is 5.35. The molecule has 0 radical (unpaired) electrons. The van der Waals surface area contributed by atoms with Crippen molar-refractivity contribution in [1.29, 1.82) is 0 Å². The summed E-state index contributed by atoms with van der Waals surface area (Å²) in [5.41, 5.74) is 6.51. The number of methoxy groups -OCH3 is 1. The molecule has 0 aliphatic rings. The lowest BCUT2D eigenvalue weighted by Crippen LogP contribution is -2.05. The number of aliphatic hydroxyl groups excluding tert-OH is 1. The molecule has 0 saturated heterocycles. The Hall–Kier alpha value is -2.14. The maximum atomic E-state index is 13.5. The van der Waals surface area contributed by atoms with Gasteiger partial charge in [0.05, 0.1) is 7.11 Å². The predicted octanol–water partition coefficient (Wildman–Crippen LogP) is 1.89. The molecule has 0 saturated carbocycles. The topological polar surface area (TPSA) is 68.4 Å². The zero-order chi connectivity index (χ0) is 13.1. The van der Waals surface area contributed by atoms with E-state index in [-0.39, 0.29) is 11.6 Å². The Bertz CT molecular complexity index is 560. The number of aromatic nitrogens is 1. The molecule has 1 heterocycles. The second-order valence-electron chi connectivity index (χ2n) is 3.77. The molecule has 1 aromatic heterocycles. The van der Waals surface area contributed by atoms with Crippen LogP contribution in [0.2, 0.25) is 0 Å². The lowest BCUT2D eigenvalue weighted by Gasteiger charge is -2.13. The number of ether oxygens (including phenoxy) is 1. The van der Waals surface area contributed by atoms with Gasteiger partial charge in [0.25, 0.3) is 0 Å². The Morgan fingerprint density at radius 2 is 2.17 bits per heavy atom. The van der Waals surface area contributed by atoms with E-state index in [1.807, 2.05) is 0 Å². The first kappa shape index (κ1) is 12.3. The number of nitrogen functional groups attached to an aromatic ring is 1. The maximum absolute atomic E-state index is 13.5. The summed E-state index contributed by atoms with van der Waals surface area (Å²) in [6.07, 6.45) is 0.513. The molecule has 3 N–H and O–H groups in total. The molecule has 5 heteroatoms. The van der Waals surface area contributed by atoms with E-state index >= 15 is 0 Å². The number of aliphatic hydroxyl groups is 1. The summed E-state index contributed by atoms with van der Waals surface area (Å²) in [7, 11) is 1.38. The average molecular weight is 248 g/mol. The number of rotatable bonds is 3. The first-order valence-electron chi connectivity index (χ1n) is 5.35. The molecule has 0 fully saturated rings. The standard InChI is InChI=1S/C13H13FN2O2/c1-18-11-5-4-8(7-10(11)14)12(17)9-3-2-6-16-13(9)15/h2-7,12,17H,1H3,(H2,15,16). The van der Waals surface area contributed by atoms with Crippen molar-refractivity contribution in [3.05, 3.63) is 53.5 Å². The molecule has 0 aliphatic heterocycles. The second-order valence-corrected chi connectivity index (χ2v) is 3.77. The molecular weight excluding hydrogens is 235 g/mol. The van der Waals surface area contributed by atoms with Crippen molar-refractivity contribution < 1.29 is 14.2 Å². The van der Waals surface area contributed by atoms with Gasteiger partial charge < -0.3 is 15.6 Å². The van der Waals surface area contributed by atoms with E-state index in [0.29, 0.717) is 11.1 Å². The third-order valence-corrected chi connectivity index (χ3v) is 2.66. The largest absolute Gasteiger partial charge is 0.494 e. The van der Waals surface area contributed by atoms with Crippen molar-refractivity contribution in [2.24, 2.45) is 0 Å². The Morgan fingerprint density at radius 3 is 2.78 bits per heavy atom. The summed E-state index contributed by atoms with van der Waals surface area (Å²) in [5.74, 6) is -0.178. The summed E-state index contributed by atoms with van der Waals surface area (Å²) in [6, 6.07) is 7.57. The molecule has 18 heavy (non-hydrogen) atoms. The highest BCUT2D eigenvalue weighted by atomic mass is 19.1. The van der Waals surface area contributed by atoms with Gasteiger partial charge in [-0.05, 0) is 23.8 Å². The summed E-state index contributed by atoms with van der Waals surface area (Å²) in [4.78, 5) is 3.88. The van der Waals surface area contributed by atoms with Crippen LogP contribution < -0.4 is 10.5 Å². The van der Waals surface area contributed by atoms with Gasteiger partial charge in [0.2, 0.25) is 0 Å². The molecule has 4 nitrogen and oxygen atoms in total. The normalized spacial score (nSPS) is 12.2. The van der Waals surface area contributed by atoms with E-state index < -0.39 is 11.9 Å². The molecule has 2 rings (SSSR count). The van der Waals surface area contributed by atoms with Crippen molar-refractivity contribution in [2.45, 2.75) is 6.10 Å². The van der Waals surface area contributed by atoms with Crippen LogP contribution in [0.25, 0.3) is 0 Å². The van der Waals surface area contributed by atoms with Crippen LogP contribution in [0.1, 0.15) is 17.2 Å². The van der Waals surface area contributed by atoms with Crippen molar-refractivity contribution in [3.8, 4) is 5.75 Å². The van der Waals surface area contributed by atoms with E-state index in [2.05, 4.69) is 4.98 Å². The van der Waals surface area contributed by atoms with Crippen LogP contribution in [0.15, 0.2) is 36.5 Å². The molecular formula is C13H13FN2O2. The molecule has 0 spiro atoms. The molecule has 0 bridgehead atoms. The summed E-state index contributed by atoms with van der Waals surface area (Å²) in [6.45, 7) is 0. The van der Waals surface area contributed by atoms with Crippen LogP contribution in [0.5, 0.6) is 5.75 Å². The van der Waals surface area contributed by atoms with Gasteiger partial charge in [0.15, 0.2) is 11.6 Å². The van der Waals surface area contributed by atoms with E-state index in [9.17, 15) is 9.50 Å². The van der Waals surface area contributed by atoms with Crippen molar-refractivity contribution in [1.82, 2.24) is 4.98 Å². The second kappa shape index (κ2) is 5.01. The smallest absolute Gasteiger partial charge is 0.165 e. The predicted molar refractivity (Wildman–Crippen MR) is 65.7 cm³/mol. The van der Waals surface area contributed by atoms with E-state index in [1.54, 1.807) is 18.2 Å². The van der Waals surface area contributed by atoms with Gasteiger partial charge in [-0.15, -0.1) is 0 Å². The number of nitrogens with zero attached hydrogens (tertiary/aromatic N) is 1. The highest BCUT2D eigenvalue weighted by Crippen LogP contribution is 2.28. The maximum Gasteiger partial charge on any atom is 0.165 e. The first-order chi connectivity index (χ1) is 8.63. The fourth-order valence-corrected chi connectivity index (χ4v) is 1.69. The number of benzene rings is 1. The van der Waals surface area contributed by atoms with Crippen LogP contribution in [0.4, 0.5) is 10.2 Å². The Balaban J connectivity index is 2.37. The third-order valence-electron chi connectivity index (χ3n) is 2.66. The minimum absolute atomic E-state index is 0.130. The number of halogens is 1. The Kier molecular flexibility index (Phi) is 3.43. The van der Waals surface area contributed by atoms with Gasteiger partial charge in [0, 0.05) is 11.8 Å². The van der Waals surface area contributed by atoms with E-state index in [1.165, 1.54) is 25.4 Å². The van der Waals surface area contributed by atoms with Gasteiger partial charge >= 0.3 is 0 Å². The minimum Gasteiger partial charge on any atom is -0.494 e. The number of nitrogens with two attached hydrogens (primary N) is 1. The Labute approximate surface area is 104 Å². The van der Waals surface area contributed by atoms with Gasteiger partial charge in [0.1, 0.15) is 11.9 Å². The van der Waals surface area contributed by atoms with E-state index in [0.717, 1.165) is 0 Å². The van der Waals surface area contributed by atoms with Crippen molar-refractivity contribution in [2.75, 3.05) is 12.8 Å². The fourth-order valence-electron chi connectivity index (χ4n) is 1.69. The number of hydrogen-bond acceptors (Lipinski definition) is 4. The van der Waals surface area contributed by atoms with Crippen molar-refractivity contribution >= 4 is 5.82 Å². The number of hydrogen-bond donors (Lipinski definition) is 2. The molecule has 2 aromatic rings. The summed E-state index contributed by atoms with van der Waals surface area (Å²) < 4.78 is 18.4. The highest BCUT2D eigenvalue weighted by Gasteiger charge is 2.15. The highest BCUT2D eigenvalue weighted by molar-refractivity contribution is 5.45. The lowest BCUT2D eigenvalue weighted by molar-refractivity contribution is 0.220. The van der Waals surface area contributed by atoms with Gasteiger partial charge in [-0.3, -0.25) is 0 Å².